The molecular formula is C25H32N2O. The van der Waals surface area contributed by atoms with E-state index in [4.69, 9.17) is 0 Å². The Hall–Kier alpha value is -2.13. The SMILES string of the molecule is CC(C)c1ccc(CN2CCC(C(=O)N3CCc4ccccc4C3)CC2)cc1. The van der Waals surface area contributed by atoms with Crippen molar-refractivity contribution in [2.75, 3.05) is 19.6 Å². The molecule has 1 saturated heterocycles. The molecule has 28 heavy (non-hydrogen) atoms. The van der Waals surface area contributed by atoms with Crippen LogP contribution in [0.4, 0.5) is 0 Å². The van der Waals surface area contributed by atoms with Crippen molar-refractivity contribution in [1.29, 1.82) is 0 Å². The Kier molecular flexibility index (Phi) is 5.82. The van der Waals surface area contributed by atoms with Crippen molar-refractivity contribution >= 4 is 5.91 Å². The molecule has 0 unspecified atom stereocenters. The van der Waals surface area contributed by atoms with Gasteiger partial charge in [0.15, 0.2) is 0 Å². The van der Waals surface area contributed by atoms with Gasteiger partial charge in [-0.25, -0.2) is 0 Å². The lowest BCUT2D eigenvalue weighted by atomic mass is 9.92. The summed E-state index contributed by atoms with van der Waals surface area (Å²) in [5.74, 6) is 1.15. The first kappa shape index (κ1) is 19.2. The van der Waals surface area contributed by atoms with Gasteiger partial charge in [0.25, 0.3) is 0 Å². The second-order valence-electron chi connectivity index (χ2n) is 8.73. The van der Waals surface area contributed by atoms with Crippen LogP contribution in [0.25, 0.3) is 0 Å². The zero-order valence-corrected chi connectivity index (χ0v) is 17.2. The second kappa shape index (κ2) is 8.48. The van der Waals surface area contributed by atoms with Crippen LogP contribution in [0, 0.1) is 5.92 Å². The van der Waals surface area contributed by atoms with Gasteiger partial charge < -0.3 is 4.90 Å². The second-order valence-corrected chi connectivity index (χ2v) is 8.73. The van der Waals surface area contributed by atoms with Crippen LogP contribution in [-0.2, 0) is 24.3 Å². The third kappa shape index (κ3) is 4.30. The van der Waals surface area contributed by atoms with E-state index < -0.39 is 0 Å². The molecule has 2 heterocycles. The number of fused-ring (bicyclic) bond motifs is 1. The summed E-state index contributed by atoms with van der Waals surface area (Å²) in [4.78, 5) is 17.6. The summed E-state index contributed by atoms with van der Waals surface area (Å²) in [6.45, 7) is 9.17. The summed E-state index contributed by atoms with van der Waals surface area (Å²) in [6, 6.07) is 17.6. The van der Waals surface area contributed by atoms with Gasteiger partial charge in [-0.05, 0) is 60.5 Å². The molecule has 0 aliphatic carbocycles. The highest BCUT2D eigenvalue weighted by molar-refractivity contribution is 5.79. The van der Waals surface area contributed by atoms with Gasteiger partial charge in [0.1, 0.15) is 0 Å². The van der Waals surface area contributed by atoms with Gasteiger partial charge in [0, 0.05) is 25.6 Å². The average Bonchev–Trinajstić information content (AvgIpc) is 2.74. The lowest BCUT2D eigenvalue weighted by Gasteiger charge is -2.36. The molecular weight excluding hydrogens is 344 g/mol. The fraction of sp³-hybridized carbons (Fsp3) is 0.480. The molecule has 0 aromatic heterocycles. The standard InChI is InChI=1S/C25H32N2O/c1-19(2)21-9-7-20(8-10-21)17-26-14-11-23(12-15-26)25(28)27-16-13-22-5-3-4-6-24(22)18-27/h3-10,19,23H,11-18H2,1-2H3. The first-order chi connectivity index (χ1) is 13.6. The van der Waals surface area contributed by atoms with Crippen molar-refractivity contribution in [3.05, 3.63) is 70.8 Å². The molecule has 148 valence electrons. The molecule has 2 aliphatic heterocycles. The molecule has 1 amide bonds. The largest absolute Gasteiger partial charge is 0.338 e. The van der Waals surface area contributed by atoms with Crippen molar-refractivity contribution in [2.45, 2.75) is 52.1 Å². The third-order valence-electron chi connectivity index (χ3n) is 6.43. The van der Waals surface area contributed by atoms with Gasteiger partial charge >= 0.3 is 0 Å². The number of nitrogens with zero attached hydrogens (tertiary/aromatic N) is 2. The Morgan fingerprint density at radius 3 is 2.32 bits per heavy atom. The minimum Gasteiger partial charge on any atom is -0.338 e. The Morgan fingerprint density at radius 1 is 0.964 bits per heavy atom. The summed E-state index contributed by atoms with van der Waals surface area (Å²) >= 11 is 0. The van der Waals surface area contributed by atoms with E-state index in [1.165, 1.54) is 22.3 Å². The van der Waals surface area contributed by atoms with Crippen molar-refractivity contribution in [2.24, 2.45) is 5.92 Å². The predicted octanol–water partition coefficient (Wildman–Crippen LogP) is 4.61. The molecule has 0 atom stereocenters. The van der Waals surface area contributed by atoms with Crippen LogP contribution in [0.15, 0.2) is 48.5 Å². The van der Waals surface area contributed by atoms with Crippen LogP contribution in [-0.4, -0.2) is 35.3 Å². The van der Waals surface area contributed by atoms with Gasteiger partial charge in [-0.15, -0.1) is 0 Å². The number of benzene rings is 2. The highest BCUT2D eigenvalue weighted by atomic mass is 16.2. The van der Waals surface area contributed by atoms with E-state index >= 15 is 0 Å². The number of carbonyl (C=O) groups is 1. The quantitative estimate of drug-likeness (QED) is 0.778. The van der Waals surface area contributed by atoms with Gasteiger partial charge in [0.05, 0.1) is 0 Å². The maximum atomic E-state index is 13.0. The topological polar surface area (TPSA) is 23.6 Å². The third-order valence-corrected chi connectivity index (χ3v) is 6.43. The maximum Gasteiger partial charge on any atom is 0.226 e. The van der Waals surface area contributed by atoms with Crippen LogP contribution >= 0.6 is 0 Å². The Bertz CT molecular complexity index is 804. The van der Waals surface area contributed by atoms with Gasteiger partial charge in [-0.3, -0.25) is 9.69 Å². The molecule has 4 rings (SSSR count). The lowest BCUT2D eigenvalue weighted by molar-refractivity contribution is -0.138. The average molecular weight is 377 g/mol. The minimum absolute atomic E-state index is 0.199. The summed E-state index contributed by atoms with van der Waals surface area (Å²) in [6.07, 6.45) is 2.97. The van der Waals surface area contributed by atoms with Crippen LogP contribution in [0.5, 0.6) is 0 Å². The molecule has 0 saturated carbocycles. The van der Waals surface area contributed by atoms with E-state index in [0.717, 1.165) is 52.0 Å². The van der Waals surface area contributed by atoms with Crippen LogP contribution in [0.3, 0.4) is 0 Å². The maximum absolute atomic E-state index is 13.0. The van der Waals surface area contributed by atoms with Crippen molar-refractivity contribution in [1.82, 2.24) is 9.80 Å². The number of hydrogen-bond acceptors (Lipinski definition) is 2. The highest BCUT2D eigenvalue weighted by Gasteiger charge is 2.30. The smallest absolute Gasteiger partial charge is 0.226 e. The molecule has 2 aromatic carbocycles. The van der Waals surface area contributed by atoms with Crippen molar-refractivity contribution in [3.63, 3.8) is 0 Å². The van der Waals surface area contributed by atoms with E-state index in [1.54, 1.807) is 0 Å². The highest BCUT2D eigenvalue weighted by Crippen LogP contribution is 2.25. The van der Waals surface area contributed by atoms with E-state index in [1.807, 2.05) is 0 Å². The molecule has 3 heteroatoms. The molecule has 2 aliphatic rings. The summed E-state index contributed by atoms with van der Waals surface area (Å²) < 4.78 is 0. The number of carbonyl (C=O) groups excluding carboxylic acids is 1. The lowest BCUT2D eigenvalue weighted by Crippen LogP contribution is -2.44. The zero-order chi connectivity index (χ0) is 19.5. The molecule has 2 aromatic rings. The van der Waals surface area contributed by atoms with Crippen molar-refractivity contribution < 1.29 is 4.79 Å². The molecule has 1 fully saturated rings. The number of piperidine rings is 1. The number of likely N-dealkylation sites (tertiary alicyclic amines) is 1. The molecule has 0 spiro atoms. The van der Waals surface area contributed by atoms with Gasteiger partial charge in [0.2, 0.25) is 5.91 Å². The summed E-state index contributed by atoms with van der Waals surface area (Å²) in [5, 5.41) is 0. The van der Waals surface area contributed by atoms with Crippen molar-refractivity contribution in [3.8, 4) is 0 Å². The summed E-state index contributed by atoms with van der Waals surface area (Å²) in [5.41, 5.74) is 5.51. The first-order valence-electron chi connectivity index (χ1n) is 10.8. The van der Waals surface area contributed by atoms with E-state index in [2.05, 4.69) is 72.2 Å². The Labute approximate surface area is 169 Å². The van der Waals surface area contributed by atoms with Crippen LogP contribution in [0.1, 0.15) is 54.9 Å². The molecule has 0 N–H and O–H groups in total. The van der Waals surface area contributed by atoms with E-state index in [0.29, 0.717) is 11.8 Å². The predicted molar refractivity (Wildman–Crippen MR) is 114 cm³/mol. The molecule has 0 radical (unpaired) electrons. The zero-order valence-electron chi connectivity index (χ0n) is 17.2. The molecule has 0 bridgehead atoms. The van der Waals surface area contributed by atoms with Crippen LogP contribution in [0.2, 0.25) is 0 Å². The fourth-order valence-electron chi connectivity index (χ4n) is 4.55. The minimum atomic E-state index is 0.199. The number of amides is 1. The molecule has 3 nitrogen and oxygen atoms in total. The van der Waals surface area contributed by atoms with E-state index in [9.17, 15) is 4.79 Å². The normalized spacial score (nSPS) is 18.3. The van der Waals surface area contributed by atoms with E-state index in [-0.39, 0.29) is 5.92 Å². The Balaban J connectivity index is 1.29. The fourth-order valence-corrected chi connectivity index (χ4v) is 4.55. The number of hydrogen-bond donors (Lipinski definition) is 0. The first-order valence-corrected chi connectivity index (χ1v) is 10.8. The van der Waals surface area contributed by atoms with Gasteiger partial charge in [-0.2, -0.15) is 0 Å². The van der Waals surface area contributed by atoms with Crippen LogP contribution < -0.4 is 0 Å². The Morgan fingerprint density at radius 2 is 1.64 bits per heavy atom. The number of rotatable bonds is 4. The monoisotopic (exact) mass is 376 g/mol. The van der Waals surface area contributed by atoms with Gasteiger partial charge in [-0.1, -0.05) is 62.4 Å². The summed E-state index contributed by atoms with van der Waals surface area (Å²) in [7, 11) is 0.